The van der Waals surface area contributed by atoms with Crippen molar-refractivity contribution in [1.82, 2.24) is 9.88 Å². The summed E-state index contributed by atoms with van der Waals surface area (Å²) in [4.78, 5) is 18.2. The lowest BCUT2D eigenvalue weighted by molar-refractivity contribution is 0.0546. The van der Waals surface area contributed by atoms with Crippen molar-refractivity contribution >= 4 is 17.7 Å². The van der Waals surface area contributed by atoms with E-state index < -0.39 is 0 Å². The molecule has 2 heterocycles. The van der Waals surface area contributed by atoms with Gasteiger partial charge in [-0.05, 0) is 30.7 Å². The lowest BCUT2D eigenvalue weighted by Crippen LogP contribution is -2.40. The summed E-state index contributed by atoms with van der Waals surface area (Å²) in [7, 11) is 0. The SMILES string of the molecule is CCSc1ccc(C(=O)N2CCC(O)CC2)cn1. The largest absolute Gasteiger partial charge is 0.393 e. The van der Waals surface area contributed by atoms with Gasteiger partial charge in [-0.3, -0.25) is 4.79 Å². The van der Waals surface area contributed by atoms with Crippen LogP contribution in [0.3, 0.4) is 0 Å². The summed E-state index contributed by atoms with van der Waals surface area (Å²) in [5.74, 6) is 0.993. The number of carbonyl (C=O) groups excluding carboxylic acids is 1. The molecular formula is C13H18N2O2S. The quantitative estimate of drug-likeness (QED) is 0.848. The highest BCUT2D eigenvalue weighted by molar-refractivity contribution is 7.99. The molecule has 2 rings (SSSR count). The van der Waals surface area contributed by atoms with E-state index in [1.54, 1.807) is 22.9 Å². The molecule has 1 fully saturated rings. The van der Waals surface area contributed by atoms with Crippen LogP contribution in [0.2, 0.25) is 0 Å². The number of piperidine rings is 1. The van der Waals surface area contributed by atoms with E-state index in [0.717, 1.165) is 10.8 Å². The predicted molar refractivity (Wildman–Crippen MR) is 71.8 cm³/mol. The summed E-state index contributed by atoms with van der Waals surface area (Å²) >= 11 is 1.66. The van der Waals surface area contributed by atoms with Gasteiger partial charge in [0, 0.05) is 19.3 Å². The number of hydrogen-bond acceptors (Lipinski definition) is 4. The van der Waals surface area contributed by atoms with Crippen LogP contribution < -0.4 is 0 Å². The molecular weight excluding hydrogens is 248 g/mol. The van der Waals surface area contributed by atoms with Crippen molar-refractivity contribution < 1.29 is 9.90 Å². The van der Waals surface area contributed by atoms with E-state index in [0.29, 0.717) is 31.5 Å². The summed E-state index contributed by atoms with van der Waals surface area (Å²) in [6.45, 7) is 3.33. The molecule has 0 bridgehead atoms. The summed E-state index contributed by atoms with van der Waals surface area (Å²) in [5.41, 5.74) is 0.631. The van der Waals surface area contributed by atoms with Crippen molar-refractivity contribution in [2.75, 3.05) is 18.8 Å². The lowest BCUT2D eigenvalue weighted by Gasteiger charge is -2.29. The monoisotopic (exact) mass is 266 g/mol. The van der Waals surface area contributed by atoms with Crippen LogP contribution in [0.15, 0.2) is 23.4 Å². The second-order valence-corrected chi connectivity index (χ2v) is 5.63. The fraction of sp³-hybridized carbons (Fsp3) is 0.538. The first-order chi connectivity index (χ1) is 8.70. The standard InChI is InChI=1S/C13H18N2O2S/c1-2-18-12-4-3-10(9-14-12)13(17)15-7-5-11(16)6-8-15/h3-4,9,11,16H,2,5-8H2,1H3. The molecule has 0 aliphatic carbocycles. The summed E-state index contributed by atoms with van der Waals surface area (Å²) < 4.78 is 0. The van der Waals surface area contributed by atoms with E-state index in [2.05, 4.69) is 11.9 Å². The van der Waals surface area contributed by atoms with Gasteiger partial charge in [0.15, 0.2) is 0 Å². The zero-order valence-electron chi connectivity index (χ0n) is 10.5. The number of thioether (sulfide) groups is 1. The van der Waals surface area contributed by atoms with Crippen molar-refractivity contribution in [3.63, 3.8) is 0 Å². The summed E-state index contributed by atoms with van der Waals surface area (Å²) in [5, 5.41) is 10.4. The first-order valence-corrected chi connectivity index (χ1v) is 7.25. The van der Waals surface area contributed by atoms with Crippen LogP contribution in [0.5, 0.6) is 0 Å². The minimum atomic E-state index is -0.254. The number of pyridine rings is 1. The first-order valence-electron chi connectivity index (χ1n) is 6.27. The van der Waals surface area contributed by atoms with Crippen molar-refractivity contribution in [2.24, 2.45) is 0 Å². The molecule has 0 saturated carbocycles. The molecule has 1 saturated heterocycles. The molecule has 1 aromatic rings. The Labute approximate surface area is 111 Å². The molecule has 5 heteroatoms. The van der Waals surface area contributed by atoms with E-state index >= 15 is 0 Å². The van der Waals surface area contributed by atoms with E-state index in [1.807, 2.05) is 12.1 Å². The third-order valence-electron chi connectivity index (χ3n) is 3.03. The van der Waals surface area contributed by atoms with Gasteiger partial charge in [0.1, 0.15) is 0 Å². The van der Waals surface area contributed by atoms with E-state index in [-0.39, 0.29) is 12.0 Å². The van der Waals surface area contributed by atoms with Crippen molar-refractivity contribution in [1.29, 1.82) is 0 Å². The third kappa shape index (κ3) is 3.23. The third-order valence-corrected chi connectivity index (χ3v) is 3.85. The van der Waals surface area contributed by atoms with Crippen LogP contribution in [-0.4, -0.2) is 45.8 Å². The Bertz CT molecular complexity index is 400. The number of carbonyl (C=O) groups is 1. The molecule has 0 unspecified atom stereocenters. The summed E-state index contributed by atoms with van der Waals surface area (Å²) in [6.07, 6.45) is 2.73. The minimum absolute atomic E-state index is 0.0162. The average molecular weight is 266 g/mol. The molecule has 1 aliphatic rings. The van der Waals surface area contributed by atoms with Crippen molar-refractivity contribution in [3.8, 4) is 0 Å². The van der Waals surface area contributed by atoms with Gasteiger partial charge in [0.2, 0.25) is 0 Å². The molecule has 0 spiro atoms. The molecule has 0 atom stereocenters. The number of nitrogens with zero attached hydrogens (tertiary/aromatic N) is 2. The van der Waals surface area contributed by atoms with Gasteiger partial charge in [-0.2, -0.15) is 0 Å². The molecule has 1 aromatic heterocycles. The molecule has 4 nitrogen and oxygen atoms in total. The van der Waals surface area contributed by atoms with Gasteiger partial charge in [0.25, 0.3) is 5.91 Å². The maximum absolute atomic E-state index is 12.2. The van der Waals surface area contributed by atoms with E-state index in [4.69, 9.17) is 0 Å². The van der Waals surface area contributed by atoms with Gasteiger partial charge in [-0.25, -0.2) is 4.98 Å². The molecule has 0 aromatic carbocycles. The highest BCUT2D eigenvalue weighted by Crippen LogP contribution is 2.17. The molecule has 0 radical (unpaired) electrons. The first kappa shape index (κ1) is 13.4. The number of hydrogen-bond donors (Lipinski definition) is 1. The Balaban J connectivity index is 2.00. The van der Waals surface area contributed by atoms with Crippen LogP contribution in [-0.2, 0) is 0 Å². The lowest BCUT2D eigenvalue weighted by atomic mass is 10.1. The molecule has 1 N–H and O–H groups in total. The number of rotatable bonds is 3. The number of aromatic nitrogens is 1. The Morgan fingerprint density at radius 2 is 2.22 bits per heavy atom. The smallest absolute Gasteiger partial charge is 0.255 e. The topological polar surface area (TPSA) is 53.4 Å². The Kier molecular flexibility index (Phi) is 4.60. The molecule has 1 aliphatic heterocycles. The number of aliphatic hydroxyl groups excluding tert-OH is 1. The van der Waals surface area contributed by atoms with Crippen molar-refractivity contribution in [3.05, 3.63) is 23.9 Å². The van der Waals surface area contributed by atoms with Gasteiger partial charge < -0.3 is 10.0 Å². The van der Waals surface area contributed by atoms with Gasteiger partial charge in [-0.1, -0.05) is 6.92 Å². The van der Waals surface area contributed by atoms with E-state index in [9.17, 15) is 9.90 Å². The molecule has 1 amide bonds. The minimum Gasteiger partial charge on any atom is -0.393 e. The Hall–Kier alpha value is -1.07. The van der Waals surface area contributed by atoms with Crippen LogP contribution in [0.1, 0.15) is 30.1 Å². The van der Waals surface area contributed by atoms with Crippen LogP contribution in [0, 0.1) is 0 Å². The normalized spacial score (nSPS) is 16.9. The Morgan fingerprint density at radius 3 is 2.78 bits per heavy atom. The number of aliphatic hydroxyl groups is 1. The zero-order chi connectivity index (χ0) is 13.0. The van der Waals surface area contributed by atoms with Gasteiger partial charge >= 0.3 is 0 Å². The number of amides is 1. The molecule has 18 heavy (non-hydrogen) atoms. The fourth-order valence-electron chi connectivity index (χ4n) is 1.99. The predicted octanol–water partition coefficient (Wildman–Crippen LogP) is 1.79. The maximum Gasteiger partial charge on any atom is 0.255 e. The highest BCUT2D eigenvalue weighted by atomic mass is 32.2. The second kappa shape index (κ2) is 6.20. The average Bonchev–Trinajstić information content (AvgIpc) is 2.40. The summed E-state index contributed by atoms with van der Waals surface area (Å²) in [6, 6.07) is 3.72. The van der Waals surface area contributed by atoms with Crippen LogP contribution >= 0.6 is 11.8 Å². The number of likely N-dealkylation sites (tertiary alicyclic amines) is 1. The highest BCUT2D eigenvalue weighted by Gasteiger charge is 2.22. The maximum atomic E-state index is 12.2. The van der Waals surface area contributed by atoms with Crippen LogP contribution in [0.4, 0.5) is 0 Å². The zero-order valence-corrected chi connectivity index (χ0v) is 11.3. The molecule has 98 valence electrons. The van der Waals surface area contributed by atoms with E-state index in [1.165, 1.54) is 0 Å². The Morgan fingerprint density at radius 1 is 1.50 bits per heavy atom. The van der Waals surface area contributed by atoms with Crippen LogP contribution in [0.25, 0.3) is 0 Å². The fourth-order valence-corrected chi connectivity index (χ4v) is 2.58. The van der Waals surface area contributed by atoms with Crippen molar-refractivity contribution in [2.45, 2.75) is 30.9 Å². The van der Waals surface area contributed by atoms with Gasteiger partial charge in [0.05, 0.1) is 16.7 Å². The second-order valence-electron chi connectivity index (χ2n) is 4.34. The van der Waals surface area contributed by atoms with Gasteiger partial charge in [-0.15, -0.1) is 11.8 Å².